The number of hydrogen-bond donors (Lipinski definition) is 0. The Morgan fingerprint density at radius 1 is 0.839 bits per heavy atom. The maximum atomic E-state index is 14.6. The summed E-state index contributed by atoms with van der Waals surface area (Å²) in [5, 5.41) is 0. The molecule has 3 saturated heterocycles. The zero-order chi connectivity index (χ0) is 22.6. The van der Waals surface area contributed by atoms with Crippen LogP contribution in [0.1, 0.15) is 24.5 Å². The lowest BCUT2D eigenvalue weighted by Crippen LogP contribution is -2.58. The van der Waals surface area contributed by atoms with Gasteiger partial charge in [-0.3, -0.25) is 0 Å². The highest BCUT2D eigenvalue weighted by molar-refractivity contribution is 5.33. The van der Waals surface area contributed by atoms with Crippen LogP contribution in [0.3, 0.4) is 0 Å². The second kappa shape index (κ2) is 7.35. The monoisotopic (exact) mass is 452 g/mol. The van der Waals surface area contributed by atoms with Gasteiger partial charge in [0.15, 0.2) is 17.5 Å². The fraction of sp³-hybridized carbons (Fsp3) is 0.400. The number of ether oxygens (including phenoxy) is 4. The van der Waals surface area contributed by atoms with Gasteiger partial charge in [-0.25, -0.2) is 22.0 Å². The van der Waals surface area contributed by atoms with Crippen molar-refractivity contribution in [2.75, 3.05) is 19.8 Å². The summed E-state index contributed by atoms with van der Waals surface area (Å²) in [5.74, 6) is -12.2. The standard InChI is InChI=1S/C20H15F7O4/c1-2-18-7-28-20(29-8-18,30-9-18)10-3-12(21)16(13(22)4-10)19(26,27)31-11-5-14(23)17(25)15(24)6-11/h3-6H,2,7-9H2,1H3. The van der Waals surface area contributed by atoms with E-state index in [1.54, 1.807) is 0 Å². The van der Waals surface area contributed by atoms with Crippen molar-refractivity contribution in [2.24, 2.45) is 5.41 Å². The molecular formula is C20H15F7O4. The average Bonchev–Trinajstić information content (AvgIpc) is 2.72. The Hall–Kier alpha value is -2.37. The zero-order valence-corrected chi connectivity index (χ0v) is 15.9. The summed E-state index contributed by atoms with van der Waals surface area (Å²) in [5.41, 5.74) is -2.56. The van der Waals surface area contributed by atoms with E-state index in [0.717, 1.165) is 0 Å². The maximum Gasteiger partial charge on any atom is 0.432 e. The number of halogens is 7. The van der Waals surface area contributed by atoms with E-state index in [1.165, 1.54) is 0 Å². The largest absolute Gasteiger partial charge is 0.432 e. The van der Waals surface area contributed by atoms with Crippen molar-refractivity contribution in [3.05, 3.63) is 64.5 Å². The molecule has 0 aromatic heterocycles. The molecule has 168 valence electrons. The molecule has 3 fully saturated rings. The number of rotatable bonds is 5. The summed E-state index contributed by atoms with van der Waals surface area (Å²) in [7, 11) is 0. The minimum atomic E-state index is -4.69. The summed E-state index contributed by atoms with van der Waals surface area (Å²) >= 11 is 0. The first kappa shape index (κ1) is 21.8. The van der Waals surface area contributed by atoms with Crippen LogP contribution in [0.2, 0.25) is 0 Å². The quantitative estimate of drug-likeness (QED) is 0.468. The smallest absolute Gasteiger partial charge is 0.429 e. The molecule has 0 aliphatic carbocycles. The second-order valence-electron chi connectivity index (χ2n) is 7.41. The Labute approximate surface area is 171 Å². The molecule has 0 atom stereocenters. The predicted octanol–water partition coefficient (Wildman–Crippen LogP) is 5.09. The summed E-state index contributed by atoms with van der Waals surface area (Å²) in [6.07, 6.45) is -4.03. The highest BCUT2D eigenvalue weighted by atomic mass is 19.3. The molecule has 0 N–H and O–H groups in total. The van der Waals surface area contributed by atoms with Crippen molar-refractivity contribution in [3.8, 4) is 5.75 Å². The molecule has 3 aliphatic rings. The van der Waals surface area contributed by atoms with Crippen molar-refractivity contribution in [3.63, 3.8) is 0 Å². The minimum absolute atomic E-state index is 0.120. The fourth-order valence-electron chi connectivity index (χ4n) is 3.37. The van der Waals surface area contributed by atoms with Gasteiger partial charge in [0, 0.05) is 23.1 Å². The van der Waals surface area contributed by atoms with Crippen LogP contribution in [0.4, 0.5) is 30.7 Å². The molecule has 0 unspecified atom stereocenters. The first-order valence-corrected chi connectivity index (χ1v) is 9.14. The summed E-state index contributed by atoms with van der Waals surface area (Å²) < 4.78 is 118. The maximum absolute atomic E-state index is 14.6. The first-order valence-electron chi connectivity index (χ1n) is 9.14. The third kappa shape index (κ3) is 3.64. The van der Waals surface area contributed by atoms with E-state index in [9.17, 15) is 30.7 Å². The van der Waals surface area contributed by atoms with Gasteiger partial charge in [0.05, 0.1) is 19.8 Å². The van der Waals surface area contributed by atoms with Crippen LogP contribution in [0, 0.1) is 34.5 Å². The number of alkyl halides is 2. The Bertz CT molecular complexity index is 956. The van der Waals surface area contributed by atoms with E-state index in [4.69, 9.17) is 14.2 Å². The van der Waals surface area contributed by atoms with Gasteiger partial charge in [0.2, 0.25) is 0 Å². The molecule has 3 heterocycles. The summed E-state index contributed by atoms with van der Waals surface area (Å²) in [6.45, 7) is 2.42. The SMILES string of the molecule is CCC12COC(c3cc(F)c(C(F)(F)Oc4cc(F)c(F)c(F)c4)c(F)c3)(OC1)OC2. The van der Waals surface area contributed by atoms with Crippen molar-refractivity contribution in [2.45, 2.75) is 25.4 Å². The van der Waals surface area contributed by atoms with Crippen LogP contribution >= 0.6 is 0 Å². The van der Waals surface area contributed by atoms with Crippen LogP contribution in [-0.2, 0) is 26.3 Å². The Morgan fingerprint density at radius 3 is 1.77 bits per heavy atom. The van der Waals surface area contributed by atoms with Gasteiger partial charge in [-0.2, -0.15) is 8.78 Å². The molecule has 4 nitrogen and oxygen atoms in total. The van der Waals surface area contributed by atoms with Gasteiger partial charge in [0.1, 0.15) is 22.9 Å². The van der Waals surface area contributed by atoms with Crippen molar-refractivity contribution < 1.29 is 49.7 Å². The van der Waals surface area contributed by atoms with Gasteiger partial charge < -0.3 is 18.9 Å². The lowest BCUT2D eigenvalue weighted by molar-refractivity contribution is -0.480. The van der Waals surface area contributed by atoms with Crippen LogP contribution in [0.25, 0.3) is 0 Å². The van der Waals surface area contributed by atoms with Crippen LogP contribution in [0.5, 0.6) is 5.75 Å². The lowest BCUT2D eigenvalue weighted by atomic mass is 9.85. The predicted molar refractivity (Wildman–Crippen MR) is 89.5 cm³/mol. The van der Waals surface area contributed by atoms with Crippen molar-refractivity contribution in [1.29, 1.82) is 0 Å². The van der Waals surface area contributed by atoms with Crippen LogP contribution in [0.15, 0.2) is 24.3 Å². The number of benzene rings is 2. The van der Waals surface area contributed by atoms with Gasteiger partial charge in [-0.05, 0) is 18.6 Å². The molecule has 11 heteroatoms. The summed E-state index contributed by atoms with van der Waals surface area (Å²) in [6, 6.07) is 1.31. The Morgan fingerprint density at radius 2 is 1.32 bits per heavy atom. The minimum Gasteiger partial charge on any atom is -0.429 e. The van der Waals surface area contributed by atoms with Crippen LogP contribution in [-0.4, -0.2) is 19.8 Å². The topological polar surface area (TPSA) is 36.9 Å². The number of hydrogen-bond acceptors (Lipinski definition) is 4. The molecule has 0 amide bonds. The van der Waals surface area contributed by atoms with Crippen LogP contribution < -0.4 is 4.74 Å². The van der Waals surface area contributed by atoms with E-state index < -0.39 is 57.9 Å². The Balaban J connectivity index is 1.64. The Kier molecular flexibility index (Phi) is 5.18. The number of fused-ring (bicyclic) bond motifs is 3. The molecule has 3 aliphatic heterocycles. The molecule has 2 aromatic carbocycles. The third-order valence-electron chi connectivity index (χ3n) is 5.35. The van der Waals surface area contributed by atoms with Gasteiger partial charge in [-0.15, -0.1) is 0 Å². The van der Waals surface area contributed by atoms with Gasteiger partial charge in [-0.1, -0.05) is 6.92 Å². The van der Waals surface area contributed by atoms with E-state index in [-0.39, 0.29) is 37.5 Å². The van der Waals surface area contributed by atoms with E-state index in [2.05, 4.69) is 4.74 Å². The molecule has 0 spiro atoms. The lowest BCUT2D eigenvalue weighted by Gasteiger charge is -2.51. The molecule has 0 saturated carbocycles. The van der Waals surface area contributed by atoms with E-state index in [0.29, 0.717) is 18.6 Å². The summed E-state index contributed by atoms with van der Waals surface area (Å²) in [4.78, 5) is 0. The average molecular weight is 452 g/mol. The van der Waals surface area contributed by atoms with E-state index in [1.807, 2.05) is 6.92 Å². The first-order chi connectivity index (χ1) is 14.5. The molecule has 2 aromatic rings. The highest BCUT2D eigenvalue weighted by Gasteiger charge is 2.54. The van der Waals surface area contributed by atoms with Crippen molar-refractivity contribution >= 4 is 0 Å². The molecule has 2 bridgehead atoms. The van der Waals surface area contributed by atoms with E-state index >= 15 is 0 Å². The molecule has 0 radical (unpaired) electrons. The van der Waals surface area contributed by atoms with Crippen molar-refractivity contribution in [1.82, 2.24) is 0 Å². The molecule has 5 rings (SSSR count). The third-order valence-corrected chi connectivity index (χ3v) is 5.35. The second-order valence-corrected chi connectivity index (χ2v) is 7.41. The zero-order valence-electron chi connectivity index (χ0n) is 15.9. The fourth-order valence-corrected chi connectivity index (χ4v) is 3.37. The molecular weight excluding hydrogens is 437 g/mol. The normalized spacial score (nSPS) is 25.7. The van der Waals surface area contributed by atoms with Gasteiger partial charge in [0.25, 0.3) is 0 Å². The van der Waals surface area contributed by atoms with Gasteiger partial charge >= 0.3 is 12.1 Å². The molecule has 31 heavy (non-hydrogen) atoms. The highest BCUT2D eigenvalue weighted by Crippen LogP contribution is 2.47.